The lowest BCUT2D eigenvalue weighted by molar-refractivity contribution is 1.06. The van der Waals surface area contributed by atoms with Gasteiger partial charge in [-0.2, -0.15) is 0 Å². The standard InChI is InChI=1S/C19H14ClN5S/c20-14-5-3-13(4-6-14)10-23-19-24-11-15(16-12-21-7-8-22-16)18(25-19)17-2-1-9-26-17/h1-9,11-12H,10H2,(H,23,24,25). The van der Waals surface area contributed by atoms with Crippen molar-refractivity contribution in [3.63, 3.8) is 0 Å². The van der Waals surface area contributed by atoms with E-state index in [9.17, 15) is 0 Å². The highest BCUT2D eigenvalue weighted by Crippen LogP contribution is 2.32. The van der Waals surface area contributed by atoms with Gasteiger partial charge in [0, 0.05) is 35.7 Å². The molecule has 0 radical (unpaired) electrons. The fourth-order valence-corrected chi connectivity index (χ4v) is 3.33. The van der Waals surface area contributed by atoms with Crippen molar-refractivity contribution in [2.24, 2.45) is 0 Å². The van der Waals surface area contributed by atoms with E-state index < -0.39 is 0 Å². The van der Waals surface area contributed by atoms with Crippen molar-refractivity contribution >= 4 is 28.9 Å². The van der Waals surface area contributed by atoms with Crippen molar-refractivity contribution in [1.29, 1.82) is 0 Å². The van der Waals surface area contributed by atoms with Crippen molar-refractivity contribution in [2.45, 2.75) is 6.54 Å². The summed E-state index contributed by atoms with van der Waals surface area (Å²) in [4.78, 5) is 18.8. The van der Waals surface area contributed by atoms with Crippen LogP contribution >= 0.6 is 22.9 Å². The fourth-order valence-electron chi connectivity index (χ4n) is 2.48. The molecular weight excluding hydrogens is 366 g/mol. The molecule has 0 aliphatic carbocycles. The first-order chi connectivity index (χ1) is 12.8. The van der Waals surface area contributed by atoms with Gasteiger partial charge in [0.25, 0.3) is 0 Å². The van der Waals surface area contributed by atoms with Gasteiger partial charge in [-0.3, -0.25) is 9.97 Å². The van der Waals surface area contributed by atoms with Crippen molar-refractivity contribution in [3.8, 4) is 21.8 Å². The van der Waals surface area contributed by atoms with Crippen molar-refractivity contribution in [2.75, 3.05) is 5.32 Å². The molecular formula is C19H14ClN5S. The first kappa shape index (κ1) is 16.6. The van der Waals surface area contributed by atoms with Gasteiger partial charge in [0.05, 0.1) is 22.5 Å². The molecule has 0 amide bonds. The minimum Gasteiger partial charge on any atom is -0.350 e. The average Bonchev–Trinajstić information content (AvgIpc) is 3.23. The molecule has 7 heteroatoms. The van der Waals surface area contributed by atoms with E-state index in [-0.39, 0.29) is 0 Å². The maximum atomic E-state index is 5.93. The molecule has 26 heavy (non-hydrogen) atoms. The summed E-state index contributed by atoms with van der Waals surface area (Å²) in [5.41, 5.74) is 3.56. The van der Waals surface area contributed by atoms with Crippen LogP contribution in [0.1, 0.15) is 5.56 Å². The highest BCUT2D eigenvalue weighted by molar-refractivity contribution is 7.13. The van der Waals surface area contributed by atoms with Gasteiger partial charge in [-0.15, -0.1) is 11.3 Å². The third kappa shape index (κ3) is 3.71. The number of halogens is 1. The number of hydrogen-bond acceptors (Lipinski definition) is 6. The predicted octanol–water partition coefficient (Wildman–Crippen LogP) is 4.93. The zero-order chi connectivity index (χ0) is 17.8. The molecule has 4 rings (SSSR count). The molecule has 128 valence electrons. The number of hydrogen-bond donors (Lipinski definition) is 1. The fraction of sp³-hybridized carbons (Fsp3) is 0.0526. The first-order valence-corrected chi connectivity index (χ1v) is 9.21. The SMILES string of the molecule is Clc1ccc(CNc2ncc(-c3cnccn3)c(-c3cccs3)n2)cc1. The van der Waals surface area contributed by atoms with Crippen molar-refractivity contribution in [1.82, 2.24) is 19.9 Å². The Kier molecular flexibility index (Phi) is 4.86. The van der Waals surface area contributed by atoms with E-state index in [1.807, 2.05) is 41.8 Å². The minimum atomic E-state index is 0.566. The summed E-state index contributed by atoms with van der Waals surface area (Å²) in [7, 11) is 0. The van der Waals surface area contributed by atoms with Gasteiger partial charge in [0.2, 0.25) is 5.95 Å². The lowest BCUT2D eigenvalue weighted by Crippen LogP contribution is -2.05. The Bertz CT molecular complexity index is 988. The van der Waals surface area contributed by atoms with Crippen molar-refractivity contribution in [3.05, 3.63) is 77.2 Å². The summed E-state index contributed by atoms with van der Waals surface area (Å²) < 4.78 is 0. The number of thiophene rings is 1. The van der Waals surface area contributed by atoms with Crippen molar-refractivity contribution < 1.29 is 0 Å². The largest absolute Gasteiger partial charge is 0.350 e. The molecule has 0 saturated carbocycles. The zero-order valence-electron chi connectivity index (χ0n) is 13.6. The normalized spacial score (nSPS) is 10.7. The van der Waals surface area contributed by atoms with Gasteiger partial charge in [-0.1, -0.05) is 29.8 Å². The summed E-state index contributed by atoms with van der Waals surface area (Å²) >= 11 is 7.56. The molecule has 5 nitrogen and oxygen atoms in total. The van der Waals surface area contributed by atoms with Gasteiger partial charge < -0.3 is 5.32 Å². The van der Waals surface area contributed by atoms with Crippen LogP contribution in [-0.4, -0.2) is 19.9 Å². The van der Waals surface area contributed by atoms with Crippen LogP contribution in [0, 0.1) is 0 Å². The second kappa shape index (κ2) is 7.59. The van der Waals surface area contributed by atoms with Gasteiger partial charge in [0.1, 0.15) is 0 Å². The monoisotopic (exact) mass is 379 g/mol. The molecule has 0 spiro atoms. The molecule has 0 bridgehead atoms. The molecule has 1 aromatic carbocycles. The molecule has 0 atom stereocenters. The van der Waals surface area contributed by atoms with Crippen LogP contribution in [0.25, 0.3) is 21.8 Å². The molecule has 1 N–H and O–H groups in total. The van der Waals surface area contributed by atoms with Crippen LogP contribution in [0.4, 0.5) is 5.95 Å². The van der Waals surface area contributed by atoms with E-state index in [0.29, 0.717) is 12.5 Å². The summed E-state index contributed by atoms with van der Waals surface area (Å²) in [5, 5.41) is 6.01. The van der Waals surface area contributed by atoms with Crippen LogP contribution in [-0.2, 0) is 6.54 Å². The van der Waals surface area contributed by atoms with Crippen LogP contribution in [0.5, 0.6) is 0 Å². The lowest BCUT2D eigenvalue weighted by Gasteiger charge is -2.10. The maximum Gasteiger partial charge on any atom is 0.223 e. The highest BCUT2D eigenvalue weighted by atomic mass is 35.5. The molecule has 3 heterocycles. The topological polar surface area (TPSA) is 63.6 Å². The summed E-state index contributed by atoms with van der Waals surface area (Å²) in [6, 6.07) is 11.7. The van der Waals surface area contributed by atoms with Gasteiger partial charge >= 0.3 is 0 Å². The van der Waals surface area contributed by atoms with Crippen LogP contribution in [0.15, 0.2) is 66.6 Å². The van der Waals surface area contributed by atoms with Gasteiger partial charge in [0.15, 0.2) is 0 Å². The molecule has 0 saturated heterocycles. The molecule has 4 aromatic rings. The van der Waals surface area contributed by atoms with Crippen LogP contribution in [0.2, 0.25) is 5.02 Å². The zero-order valence-corrected chi connectivity index (χ0v) is 15.2. The van der Waals surface area contributed by atoms with Crippen LogP contribution < -0.4 is 5.32 Å². The Hall–Kier alpha value is -2.83. The Morgan fingerprint density at radius 3 is 2.62 bits per heavy atom. The Morgan fingerprint density at radius 1 is 1.00 bits per heavy atom. The number of benzene rings is 1. The molecule has 0 aliphatic rings. The van der Waals surface area contributed by atoms with E-state index in [1.165, 1.54) is 0 Å². The molecule has 3 aromatic heterocycles. The van der Waals surface area contributed by atoms with E-state index in [0.717, 1.165) is 32.4 Å². The Morgan fingerprint density at radius 2 is 1.88 bits per heavy atom. The number of nitrogens with zero attached hydrogens (tertiary/aromatic N) is 4. The Labute approximate surface area is 159 Å². The average molecular weight is 380 g/mol. The second-order valence-corrected chi connectivity index (χ2v) is 6.89. The van der Waals surface area contributed by atoms with Gasteiger partial charge in [-0.05, 0) is 29.1 Å². The molecule has 0 fully saturated rings. The minimum absolute atomic E-state index is 0.566. The quantitative estimate of drug-likeness (QED) is 0.532. The van der Waals surface area contributed by atoms with E-state index in [4.69, 9.17) is 16.6 Å². The Balaban J connectivity index is 1.65. The predicted molar refractivity (Wildman–Crippen MR) is 105 cm³/mol. The third-order valence-corrected chi connectivity index (χ3v) is 4.87. The highest BCUT2D eigenvalue weighted by Gasteiger charge is 2.13. The van der Waals surface area contributed by atoms with E-state index in [1.54, 1.807) is 36.1 Å². The maximum absolute atomic E-state index is 5.93. The first-order valence-electron chi connectivity index (χ1n) is 7.95. The van der Waals surface area contributed by atoms with Crippen LogP contribution in [0.3, 0.4) is 0 Å². The summed E-state index contributed by atoms with van der Waals surface area (Å²) in [6.07, 6.45) is 6.82. The number of aromatic nitrogens is 4. The third-order valence-electron chi connectivity index (χ3n) is 3.75. The number of nitrogens with one attached hydrogen (secondary N) is 1. The summed E-state index contributed by atoms with van der Waals surface area (Å²) in [6.45, 7) is 0.617. The number of rotatable bonds is 5. The van der Waals surface area contributed by atoms with E-state index in [2.05, 4.69) is 20.3 Å². The lowest BCUT2D eigenvalue weighted by atomic mass is 10.1. The number of anilines is 1. The second-order valence-electron chi connectivity index (χ2n) is 5.50. The summed E-state index contributed by atoms with van der Waals surface area (Å²) in [5.74, 6) is 0.566. The van der Waals surface area contributed by atoms with E-state index >= 15 is 0 Å². The molecule has 0 unspecified atom stereocenters. The smallest absolute Gasteiger partial charge is 0.223 e. The molecule has 0 aliphatic heterocycles. The van der Waals surface area contributed by atoms with Gasteiger partial charge in [-0.25, -0.2) is 9.97 Å².